The Morgan fingerprint density at radius 2 is 1.94 bits per heavy atom. The quantitative estimate of drug-likeness (QED) is 0.474. The van der Waals surface area contributed by atoms with Crippen molar-refractivity contribution >= 4 is 17.5 Å². The third kappa shape index (κ3) is 3.51. The van der Waals surface area contributed by atoms with Gasteiger partial charge in [-0.1, -0.05) is 11.6 Å². The van der Waals surface area contributed by atoms with Crippen molar-refractivity contribution in [3.8, 4) is 11.5 Å². The van der Waals surface area contributed by atoms with Crippen LogP contribution in [0.25, 0.3) is 0 Å². The zero-order chi connectivity index (χ0) is 12.8. The van der Waals surface area contributed by atoms with Crippen LogP contribution >= 0.6 is 11.6 Å². The van der Waals surface area contributed by atoms with Gasteiger partial charge in [0, 0.05) is 17.5 Å². The number of hydrazine groups is 1. The van der Waals surface area contributed by atoms with Crippen LogP contribution in [-0.2, 0) is 11.2 Å². The third-order valence-electron chi connectivity index (χ3n) is 2.33. The van der Waals surface area contributed by atoms with Crippen molar-refractivity contribution in [1.29, 1.82) is 0 Å². The molecule has 3 N–H and O–H groups in total. The molecule has 0 fully saturated rings. The molecule has 0 aliphatic rings. The van der Waals surface area contributed by atoms with Crippen molar-refractivity contribution in [2.24, 2.45) is 5.84 Å². The summed E-state index contributed by atoms with van der Waals surface area (Å²) in [5.74, 6) is 5.90. The van der Waals surface area contributed by atoms with Gasteiger partial charge in [-0.15, -0.1) is 0 Å². The lowest BCUT2D eigenvalue weighted by Gasteiger charge is -2.11. The van der Waals surface area contributed by atoms with Crippen molar-refractivity contribution in [2.75, 3.05) is 14.2 Å². The number of carbonyl (C=O) groups excluding carboxylic acids is 1. The van der Waals surface area contributed by atoms with E-state index in [4.69, 9.17) is 26.9 Å². The number of benzene rings is 1. The summed E-state index contributed by atoms with van der Waals surface area (Å²) in [7, 11) is 3.08. The molecule has 0 radical (unpaired) electrons. The summed E-state index contributed by atoms with van der Waals surface area (Å²) in [6, 6.07) is 3.42. The SMILES string of the molecule is COc1cc(Cl)c(CCC(=O)NN)cc1OC. The van der Waals surface area contributed by atoms with Crippen LogP contribution in [-0.4, -0.2) is 20.1 Å². The fraction of sp³-hybridized carbons (Fsp3) is 0.364. The fourth-order valence-electron chi connectivity index (χ4n) is 1.41. The molecule has 17 heavy (non-hydrogen) atoms. The summed E-state index contributed by atoms with van der Waals surface area (Å²) in [4.78, 5) is 11.0. The lowest BCUT2D eigenvalue weighted by molar-refractivity contribution is -0.121. The Bertz CT molecular complexity index is 410. The molecule has 0 aliphatic carbocycles. The summed E-state index contributed by atoms with van der Waals surface area (Å²) in [5.41, 5.74) is 2.88. The van der Waals surface area contributed by atoms with E-state index in [0.717, 1.165) is 5.56 Å². The zero-order valence-corrected chi connectivity index (χ0v) is 10.5. The number of hydrogen-bond acceptors (Lipinski definition) is 4. The van der Waals surface area contributed by atoms with Gasteiger partial charge in [0.2, 0.25) is 5.91 Å². The van der Waals surface area contributed by atoms with Crippen molar-refractivity contribution in [3.63, 3.8) is 0 Å². The number of methoxy groups -OCH3 is 2. The number of carbonyl (C=O) groups is 1. The van der Waals surface area contributed by atoms with Gasteiger partial charge in [0.15, 0.2) is 11.5 Å². The van der Waals surface area contributed by atoms with E-state index >= 15 is 0 Å². The minimum Gasteiger partial charge on any atom is -0.493 e. The van der Waals surface area contributed by atoms with Crippen molar-refractivity contribution < 1.29 is 14.3 Å². The standard InChI is InChI=1S/C11H15ClN2O3/c1-16-9-5-7(3-4-11(15)14-13)8(12)6-10(9)17-2/h5-6H,3-4,13H2,1-2H3,(H,14,15). The van der Waals surface area contributed by atoms with Gasteiger partial charge in [-0.3, -0.25) is 10.2 Å². The normalized spacial score (nSPS) is 9.88. The molecule has 0 spiro atoms. The van der Waals surface area contributed by atoms with Crippen LogP contribution in [0.3, 0.4) is 0 Å². The molecule has 0 atom stereocenters. The van der Waals surface area contributed by atoms with E-state index in [1.165, 1.54) is 7.11 Å². The zero-order valence-electron chi connectivity index (χ0n) is 9.75. The highest BCUT2D eigenvalue weighted by molar-refractivity contribution is 6.31. The van der Waals surface area contributed by atoms with Gasteiger partial charge in [-0.05, 0) is 18.1 Å². The van der Waals surface area contributed by atoms with Crippen LogP contribution in [0, 0.1) is 0 Å². The van der Waals surface area contributed by atoms with Crippen molar-refractivity contribution in [1.82, 2.24) is 5.43 Å². The van der Waals surface area contributed by atoms with E-state index in [2.05, 4.69) is 5.43 Å². The number of hydrogen-bond donors (Lipinski definition) is 2. The number of rotatable bonds is 5. The monoisotopic (exact) mass is 258 g/mol. The Morgan fingerprint density at radius 1 is 1.35 bits per heavy atom. The molecule has 0 bridgehead atoms. The second kappa shape index (κ2) is 6.32. The minimum atomic E-state index is -0.240. The highest BCUT2D eigenvalue weighted by Crippen LogP contribution is 2.33. The largest absolute Gasteiger partial charge is 0.493 e. The van der Waals surface area contributed by atoms with E-state index in [1.807, 2.05) is 0 Å². The Kier molecular flexibility index (Phi) is 5.06. The first-order valence-electron chi connectivity index (χ1n) is 5.02. The summed E-state index contributed by atoms with van der Waals surface area (Å²) >= 11 is 6.07. The lowest BCUT2D eigenvalue weighted by Crippen LogP contribution is -2.30. The maximum Gasteiger partial charge on any atom is 0.234 e. The minimum absolute atomic E-state index is 0.240. The number of halogens is 1. The molecule has 0 heterocycles. The number of ether oxygens (including phenoxy) is 2. The highest BCUT2D eigenvalue weighted by atomic mass is 35.5. The summed E-state index contributed by atoms with van der Waals surface area (Å²) in [6.07, 6.45) is 0.758. The molecule has 5 nitrogen and oxygen atoms in total. The van der Waals surface area contributed by atoms with Gasteiger partial charge < -0.3 is 9.47 Å². The van der Waals surface area contributed by atoms with Crippen LogP contribution < -0.4 is 20.7 Å². The Balaban J connectivity index is 2.89. The van der Waals surface area contributed by atoms with Gasteiger partial charge in [0.05, 0.1) is 14.2 Å². The third-order valence-corrected chi connectivity index (χ3v) is 2.69. The molecular weight excluding hydrogens is 244 g/mol. The van der Waals surface area contributed by atoms with Crippen molar-refractivity contribution in [3.05, 3.63) is 22.7 Å². The molecule has 0 saturated heterocycles. The van der Waals surface area contributed by atoms with Crippen LogP contribution in [0.5, 0.6) is 11.5 Å². The van der Waals surface area contributed by atoms with Crippen molar-refractivity contribution in [2.45, 2.75) is 12.8 Å². The van der Waals surface area contributed by atoms with Crippen LogP contribution in [0.15, 0.2) is 12.1 Å². The predicted molar refractivity (Wildman–Crippen MR) is 65.2 cm³/mol. The first-order valence-corrected chi connectivity index (χ1v) is 5.40. The van der Waals surface area contributed by atoms with E-state index in [1.54, 1.807) is 19.2 Å². The summed E-state index contributed by atoms with van der Waals surface area (Å²) in [6.45, 7) is 0. The maximum absolute atomic E-state index is 11.0. The molecule has 0 saturated carbocycles. The number of nitrogens with one attached hydrogen (secondary N) is 1. The molecule has 1 aromatic carbocycles. The lowest BCUT2D eigenvalue weighted by atomic mass is 10.1. The van der Waals surface area contributed by atoms with Gasteiger partial charge in [-0.25, -0.2) is 5.84 Å². The van der Waals surface area contributed by atoms with E-state index < -0.39 is 0 Å². The molecular formula is C11H15ClN2O3. The average Bonchev–Trinajstić information content (AvgIpc) is 2.36. The topological polar surface area (TPSA) is 73.6 Å². The predicted octanol–water partition coefficient (Wildman–Crippen LogP) is 1.28. The molecule has 1 aromatic rings. The fourth-order valence-corrected chi connectivity index (χ4v) is 1.66. The Morgan fingerprint density at radius 3 is 2.47 bits per heavy atom. The Hall–Kier alpha value is -1.46. The summed E-state index contributed by atoms with van der Waals surface area (Å²) < 4.78 is 10.3. The summed E-state index contributed by atoms with van der Waals surface area (Å²) in [5, 5.41) is 0.535. The molecule has 1 rings (SSSR count). The average molecular weight is 259 g/mol. The first-order chi connectivity index (χ1) is 8.12. The molecule has 0 aliphatic heterocycles. The van der Waals surface area contributed by atoms with Gasteiger partial charge >= 0.3 is 0 Å². The van der Waals surface area contributed by atoms with Crippen LogP contribution in [0.2, 0.25) is 5.02 Å². The molecule has 94 valence electrons. The smallest absolute Gasteiger partial charge is 0.234 e. The highest BCUT2D eigenvalue weighted by Gasteiger charge is 2.10. The van der Waals surface area contributed by atoms with Crippen LogP contribution in [0.1, 0.15) is 12.0 Å². The van der Waals surface area contributed by atoms with Gasteiger partial charge in [0.25, 0.3) is 0 Å². The Labute approximate surface area is 105 Å². The first kappa shape index (κ1) is 13.6. The molecule has 0 aromatic heterocycles. The van der Waals surface area contributed by atoms with E-state index in [0.29, 0.717) is 22.9 Å². The number of aryl methyl sites for hydroxylation is 1. The number of amides is 1. The second-order valence-electron chi connectivity index (χ2n) is 3.37. The van der Waals surface area contributed by atoms with E-state index in [-0.39, 0.29) is 12.3 Å². The second-order valence-corrected chi connectivity index (χ2v) is 3.77. The van der Waals surface area contributed by atoms with Crippen LogP contribution in [0.4, 0.5) is 0 Å². The maximum atomic E-state index is 11.0. The van der Waals surface area contributed by atoms with Gasteiger partial charge in [0.1, 0.15) is 0 Å². The van der Waals surface area contributed by atoms with Gasteiger partial charge in [-0.2, -0.15) is 0 Å². The molecule has 6 heteroatoms. The number of nitrogens with two attached hydrogens (primary N) is 1. The van der Waals surface area contributed by atoms with E-state index in [9.17, 15) is 4.79 Å². The molecule has 1 amide bonds. The molecule has 0 unspecified atom stereocenters.